The monoisotopic (exact) mass is 388 g/mol. The number of para-hydroxylation sites is 1. The van der Waals surface area contributed by atoms with Crippen LogP contribution in [0.5, 0.6) is 0 Å². The van der Waals surface area contributed by atoms with Crippen molar-refractivity contribution >= 4 is 44.9 Å². The largest absolute Gasteiger partial charge is 0.755 e. The van der Waals surface area contributed by atoms with Gasteiger partial charge >= 0.3 is 5.97 Å². The number of fused-ring (bicyclic) bond motifs is 3. The lowest BCUT2D eigenvalue weighted by Gasteiger charge is -2.30. The van der Waals surface area contributed by atoms with Crippen LogP contribution in [0.3, 0.4) is 0 Å². The van der Waals surface area contributed by atoms with Crippen LogP contribution in [-0.4, -0.2) is 26.4 Å². The molecule has 0 amide bonds. The second kappa shape index (κ2) is 8.10. The molecule has 1 aromatic heterocycles. The highest BCUT2D eigenvalue weighted by molar-refractivity contribution is 7.80. The number of carboxylic acid groups (broad SMARTS) is 1. The van der Waals surface area contributed by atoms with E-state index in [1.54, 1.807) is 18.2 Å². The van der Waals surface area contributed by atoms with Crippen LogP contribution in [0.15, 0.2) is 46.9 Å². The lowest BCUT2D eigenvalue weighted by Crippen LogP contribution is -2.32. The Hall–Kier alpha value is -2.38. The molecule has 2 unspecified atom stereocenters. The molecular weight excluding hydrogens is 366 g/mol. The number of furan rings is 1. The minimum atomic E-state index is -2.51. The van der Waals surface area contributed by atoms with E-state index in [9.17, 15) is 13.6 Å². The molecule has 0 aliphatic rings. The van der Waals surface area contributed by atoms with Crippen molar-refractivity contribution in [3.8, 4) is 0 Å². The highest BCUT2D eigenvalue weighted by Crippen LogP contribution is 2.32. The van der Waals surface area contributed by atoms with Crippen LogP contribution < -0.4 is 4.31 Å². The number of aliphatic carboxylic acids is 1. The molecule has 1 heterocycles. The summed E-state index contributed by atoms with van der Waals surface area (Å²) in [5.41, 5.74) is 1.92. The Morgan fingerprint density at radius 2 is 1.89 bits per heavy atom. The van der Waals surface area contributed by atoms with E-state index in [-0.39, 0.29) is 24.8 Å². The predicted molar refractivity (Wildman–Crippen MR) is 105 cm³/mol. The molecule has 7 heteroatoms. The van der Waals surface area contributed by atoms with Crippen molar-refractivity contribution in [1.29, 1.82) is 0 Å². The lowest BCUT2D eigenvalue weighted by atomic mass is 9.94. The van der Waals surface area contributed by atoms with Crippen LogP contribution in [0, 0.1) is 11.8 Å². The normalized spacial score (nSPS) is 13.9. The zero-order valence-electron chi connectivity index (χ0n) is 15.3. The minimum Gasteiger partial charge on any atom is -0.755 e. The van der Waals surface area contributed by atoms with Gasteiger partial charge in [-0.15, -0.1) is 0 Å². The number of carboxylic acids is 1. The van der Waals surface area contributed by atoms with Crippen LogP contribution in [0.25, 0.3) is 21.9 Å². The van der Waals surface area contributed by atoms with Crippen LogP contribution in [0.2, 0.25) is 0 Å². The number of hydrogen-bond donors (Lipinski definition) is 1. The van der Waals surface area contributed by atoms with Crippen molar-refractivity contribution in [3.63, 3.8) is 0 Å². The van der Waals surface area contributed by atoms with Gasteiger partial charge in [-0.1, -0.05) is 32.0 Å². The molecule has 2 atom stereocenters. The third-order valence-electron chi connectivity index (χ3n) is 4.52. The maximum Gasteiger partial charge on any atom is 0.303 e. The number of hydrogen-bond acceptors (Lipinski definition) is 4. The van der Waals surface area contributed by atoms with Gasteiger partial charge in [0, 0.05) is 40.7 Å². The number of anilines is 1. The number of carbonyl (C=O) groups is 1. The quantitative estimate of drug-likeness (QED) is 0.580. The van der Waals surface area contributed by atoms with Crippen LogP contribution in [-0.2, 0) is 16.1 Å². The fraction of sp³-hybridized carbons (Fsp3) is 0.350. The smallest absolute Gasteiger partial charge is 0.303 e. The molecular formula is C20H22NO5S-. The Balaban J connectivity index is 1.97. The molecule has 1 N–H and O–H groups in total. The van der Waals surface area contributed by atoms with Crippen LogP contribution >= 0.6 is 0 Å². The third kappa shape index (κ3) is 4.48. The second-order valence-electron chi connectivity index (χ2n) is 7.15. The van der Waals surface area contributed by atoms with E-state index in [0.717, 1.165) is 16.4 Å². The van der Waals surface area contributed by atoms with Gasteiger partial charge in [0.15, 0.2) is 0 Å². The number of rotatable bonds is 8. The van der Waals surface area contributed by atoms with Crippen LogP contribution in [0.1, 0.15) is 26.7 Å². The molecule has 3 rings (SSSR count). The summed E-state index contributed by atoms with van der Waals surface area (Å²) < 4.78 is 30.8. The van der Waals surface area contributed by atoms with E-state index in [1.165, 1.54) is 4.31 Å². The molecule has 6 nitrogen and oxygen atoms in total. The van der Waals surface area contributed by atoms with E-state index < -0.39 is 17.2 Å². The molecule has 27 heavy (non-hydrogen) atoms. The zero-order chi connectivity index (χ0) is 19.6. The minimum absolute atomic E-state index is 0.0667. The van der Waals surface area contributed by atoms with Gasteiger partial charge in [-0.25, -0.2) is 0 Å². The van der Waals surface area contributed by atoms with E-state index in [1.807, 2.05) is 38.1 Å². The van der Waals surface area contributed by atoms with E-state index in [0.29, 0.717) is 17.7 Å². The first-order valence-corrected chi connectivity index (χ1v) is 9.88. The Morgan fingerprint density at radius 3 is 2.56 bits per heavy atom. The fourth-order valence-corrected chi connectivity index (χ4v) is 4.11. The molecule has 0 saturated carbocycles. The van der Waals surface area contributed by atoms with Gasteiger partial charge in [-0.2, -0.15) is 0 Å². The van der Waals surface area contributed by atoms with E-state index >= 15 is 0 Å². The summed E-state index contributed by atoms with van der Waals surface area (Å²) >= 11 is -2.51. The van der Waals surface area contributed by atoms with Crippen molar-refractivity contribution < 1.29 is 23.1 Å². The summed E-state index contributed by atoms with van der Waals surface area (Å²) in [5, 5.41) is 10.9. The zero-order valence-corrected chi connectivity index (χ0v) is 16.1. The highest BCUT2D eigenvalue weighted by atomic mass is 32.2. The molecule has 0 aliphatic carbocycles. The first kappa shape index (κ1) is 19.4. The van der Waals surface area contributed by atoms with E-state index in [4.69, 9.17) is 9.52 Å². The van der Waals surface area contributed by atoms with Gasteiger partial charge in [0.05, 0.1) is 0 Å². The van der Waals surface area contributed by atoms with Gasteiger partial charge in [0.2, 0.25) is 0 Å². The van der Waals surface area contributed by atoms with E-state index in [2.05, 4.69) is 0 Å². The standard InChI is InChI=1S/C20H23NO5S/c1-13(2)9-14(10-20(22)23)12-21(27(24)25)15-7-8-19-17(11-15)16-5-3-4-6-18(16)26-19/h3-8,11,13-14H,9-10,12H2,1-2H3,(H,22,23)(H,24,25)/p-1. The van der Waals surface area contributed by atoms with Gasteiger partial charge in [0.1, 0.15) is 11.2 Å². The van der Waals surface area contributed by atoms with Crippen molar-refractivity contribution in [2.75, 3.05) is 10.8 Å². The average molecular weight is 388 g/mol. The first-order valence-electron chi connectivity index (χ1n) is 8.85. The maximum absolute atomic E-state index is 11.9. The molecule has 0 fully saturated rings. The van der Waals surface area contributed by atoms with Crippen molar-refractivity contribution in [3.05, 3.63) is 42.5 Å². The van der Waals surface area contributed by atoms with Crippen LogP contribution in [0.4, 0.5) is 5.69 Å². The molecule has 0 spiro atoms. The topological polar surface area (TPSA) is 93.8 Å². The maximum atomic E-state index is 11.9. The molecule has 2 aromatic carbocycles. The molecule has 144 valence electrons. The lowest BCUT2D eigenvalue weighted by molar-refractivity contribution is -0.138. The Bertz CT molecular complexity index is 981. The summed E-state index contributed by atoms with van der Waals surface area (Å²) in [5.74, 6) is -0.915. The molecule has 0 radical (unpaired) electrons. The molecule has 0 saturated heterocycles. The SMILES string of the molecule is CC(C)CC(CC(=O)O)CN(c1ccc2oc3ccccc3c2c1)S(=O)[O-]. The predicted octanol–water partition coefficient (Wildman–Crippen LogP) is 4.32. The van der Waals surface area contributed by atoms with Crippen molar-refractivity contribution in [2.24, 2.45) is 11.8 Å². The molecule has 0 bridgehead atoms. The van der Waals surface area contributed by atoms with Gasteiger partial charge in [-0.3, -0.25) is 9.00 Å². The summed E-state index contributed by atoms with van der Waals surface area (Å²) in [4.78, 5) is 11.2. The Labute approximate surface area is 160 Å². The number of nitrogens with zero attached hydrogens (tertiary/aromatic N) is 1. The summed E-state index contributed by atoms with van der Waals surface area (Å²) in [6.45, 7) is 4.12. The van der Waals surface area contributed by atoms with Gasteiger partial charge in [-0.05, 0) is 42.5 Å². The van der Waals surface area contributed by atoms with Crippen molar-refractivity contribution in [1.82, 2.24) is 0 Å². The Kier molecular flexibility index (Phi) is 5.82. The summed E-state index contributed by atoms with van der Waals surface area (Å²) in [7, 11) is 0. The number of benzene rings is 2. The van der Waals surface area contributed by atoms with Gasteiger partial charge in [0.25, 0.3) is 0 Å². The molecule has 3 aromatic rings. The first-order chi connectivity index (χ1) is 12.8. The average Bonchev–Trinajstić information content (AvgIpc) is 2.96. The van der Waals surface area contributed by atoms with Gasteiger partial charge < -0.3 is 18.4 Å². The molecule has 0 aliphatic heterocycles. The van der Waals surface area contributed by atoms with Crippen molar-refractivity contribution in [2.45, 2.75) is 26.7 Å². The second-order valence-corrected chi connectivity index (χ2v) is 8.03. The summed E-state index contributed by atoms with van der Waals surface area (Å²) in [6, 6.07) is 12.8. The summed E-state index contributed by atoms with van der Waals surface area (Å²) in [6.07, 6.45) is 0.569. The third-order valence-corrected chi connectivity index (χ3v) is 5.24. The fourth-order valence-electron chi connectivity index (χ4n) is 3.49. The highest BCUT2D eigenvalue weighted by Gasteiger charge is 2.20. The Morgan fingerprint density at radius 1 is 1.19 bits per heavy atom.